The lowest BCUT2D eigenvalue weighted by molar-refractivity contribution is 1.39. The first-order valence-electron chi connectivity index (χ1n) is 6.73. The van der Waals surface area contributed by atoms with E-state index in [0.29, 0.717) is 10.9 Å². The van der Waals surface area contributed by atoms with Crippen molar-refractivity contribution in [2.45, 2.75) is 0 Å². The van der Waals surface area contributed by atoms with Crippen molar-refractivity contribution in [1.29, 1.82) is 0 Å². The summed E-state index contributed by atoms with van der Waals surface area (Å²) in [4.78, 5) is 24.4. The number of rotatable bonds is 0. The minimum absolute atomic E-state index is 0.0247. The van der Waals surface area contributed by atoms with Gasteiger partial charge in [0.05, 0.1) is 21.9 Å². The van der Waals surface area contributed by atoms with E-state index in [4.69, 9.17) is 0 Å². The summed E-state index contributed by atoms with van der Waals surface area (Å²) < 4.78 is 0. The number of nitrogens with zero attached hydrogens (tertiary/aromatic N) is 2. The lowest BCUT2D eigenvalue weighted by Gasteiger charge is -2.06. The zero-order valence-corrected chi connectivity index (χ0v) is 10.9. The minimum atomic E-state index is -0.0247. The number of benzene rings is 2. The van der Waals surface area contributed by atoms with E-state index in [1.807, 2.05) is 30.5 Å². The van der Waals surface area contributed by atoms with Gasteiger partial charge in [-0.1, -0.05) is 18.2 Å². The molecule has 0 bridgehead atoms. The van der Waals surface area contributed by atoms with Gasteiger partial charge in [-0.25, -0.2) is 0 Å². The van der Waals surface area contributed by atoms with E-state index < -0.39 is 0 Å². The molecular formula is C17H9N3O. The van der Waals surface area contributed by atoms with E-state index in [-0.39, 0.29) is 5.43 Å². The molecule has 0 aliphatic heterocycles. The number of hydrogen-bond donors (Lipinski definition) is 1. The topological polar surface area (TPSA) is 58.6 Å². The molecule has 1 N–H and O–H groups in total. The van der Waals surface area contributed by atoms with Crippen LogP contribution in [0.3, 0.4) is 0 Å². The quantitative estimate of drug-likeness (QED) is 0.347. The lowest BCUT2D eigenvalue weighted by atomic mass is 10.0. The van der Waals surface area contributed by atoms with Crippen LogP contribution in [0.2, 0.25) is 0 Å². The zero-order chi connectivity index (χ0) is 14.0. The Bertz CT molecular complexity index is 1210. The first-order valence-corrected chi connectivity index (χ1v) is 6.73. The Kier molecular flexibility index (Phi) is 1.81. The maximum absolute atomic E-state index is 12.1. The van der Waals surface area contributed by atoms with Gasteiger partial charge in [0, 0.05) is 40.1 Å². The highest BCUT2D eigenvalue weighted by atomic mass is 16.1. The second-order valence-electron chi connectivity index (χ2n) is 5.19. The first kappa shape index (κ1) is 10.7. The van der Waals surface area contributed by atoms with Gasteiger partial charge in [-0.15, -0.1) is 0 Å². The highest BCUT2D eigenvalue weighted by Crippen LogP contribution is 2.34. The molecular weight excluding hydrogens is 262 g/mol. The Morgan fingerprint density at radius 2 is 1.86 bits per heavy atom. The zero-order valence-electron chi connectivity index (χ0n) is 10.9. The van der Waals surface area contributed by atoms with Gasteiger partial charge in [-0.3, -0.25) is 14.8 Å². The van der Waals surface area contributed by atoms with Gasteiger partial charge in [0.15, 0.2) is 5.43 Å². The summed E-state index contributed by atoms with van der Waals surface area (Å²) in [7, 11) is 0. The molecule has 0 radical (unpaired) electrons. The number of aromatic amines is 1. The Labute approximate surface area is 118 Å². The normalized spacial score (nSPS) is 12.0. The van der Waals surface area contributed by atoms with Crippen LogP contribution in [0.1, 0.15) is 0 Å². The van der Waals surface area contributed by atoms with Crippen LogP contribution in [0.25, 0.3) is 43.6 Å². The summed E-state index contributed by atoms with van der Waals surface area (Å²) in [5.41, 5.74) is 3.41. The van der Waals surface area contributed by atoms with Crippen molar-refractivity contribution in [2.24, 2.45) is 0 Å². The minimum Gasteiger partial charge on any atom is -0.353 e. The molecule has 5 rings (SSSR count). The Balaban J connectivity index is 2.22. The summed E-state index contributed by atoms with van der Waals surface area (Å²) in [6, 6.07) is 11.4. The van der Waals surface area contributed by atoms with Crippen LogP contribution < -0.4 is 5.43 Å². The highest BCUT2D eigenvalue weighted by molar-refractivity contribution is 6.24. The summed E-state index contributed by atoms with van der Waals surface area (Å²) in [5.74, 6) is 0. The number of fused-ring (bicyclic) bond motifs is 4. The molecule has 0 aliphatic rings. The average Bonchev–Trinajstić information content (AvgIpc) is 2.94. The molecule has 4 heteroatoms. The summed E-state index contributed by atoms with van der Waals surface area (Å²) in [5, 5.41) is 3.87. The Hall–Kier alpha value is -3.01. The van der Waals surface area contributed by atoms with E-state index in [2.05, 4.69) is 21.0 Å². The van der Waals surface area contributed by atoms with E-state index in [1.54, 1.807) is 6.20 Å². The van der Waals surface area contributed by atoms with Gasteiger partial charge in [0.25, 0.3) is 0 Å². The molecule has 0 saturated carbocycles. The average molecular weight is 271 g/mol. The maximum Gasteiger partial charge on any atom is 0.189 e. The third-order valence-corrected chi connectivity index (χ3v) is 4.05. The number of pyridine rings is 2. The van der Waals surface area contributed by atoms with Crippen LogP contribution in [-0.2, 0) is 0 Å². The van der Waals surface area contributed by atoms with Crippen LogP contribution in [0, 0.1) is 0 Å². The van der Waals surface area contributed by atoms with Crippen LogP contribution in [-0.4, -0.2) is 15.0 Å². The van der Waals surface area contributed by atoms with Gasteiger partial charge in [-0.2, -0.15) is 0 Å². The van der Waals surface area contributed by atoms with E-state index in [1.165, 1.54) is 6.07 Å². The Morgan fingerprint density at radius 3 is 2.81 bits per heavy atom. The monoisotopic (exact) mass is 271 g/mol. The fraction of sp³-hybridized carbons (Fsp3) is 0. The molecule has 0 fully saturated rings. The molecule has 0 spiro atoms. The van der Waals surface area contributed by atoms with Crippen molar-refractivity contribution in [1.82, 2.24) is 15.0 Å². The second kappa shape index (κ2) is 3.55. The van der Waals surface area contributed by atoms with Gasteiger partial charge < -0.3 is 4.98 Å². The Morgan fingerprint density at radius 1 is 0.952 bits per heavy atom. The summed E-state index contributed by atoms with van der Waals surface area (Å²) >= 11 is 0. The van der Waals surface area contributed by atoms with Gasteiger partial charge in [0.1, 0.15) is 0 Å². The molecule has 0 saturated heterocycles. The second-order valence-corrected chi connectivity index (χ2v) is 5.19. The predicted molar refractivity (Wildman–Crippen MR) is 83.9 cm³/mol. The number of H-pyrrole nitrogens is 1. The first-order chi connectivity index (χ1) is 10.3. The third kappa shape index (κ3) is 1.26. The summed E-state index contributed by atoms with van der Waals surface area (Å²) in [6.45, 7) is 0. The fourth-order valence-electron chi connectivity index (χ4n) is 3.11. The van der Waals surface area contributed by atoms with E-state index >= 15 is 0 Å². The van der Waals surface area contributed by atoms with Gasteiger partial charge in [0.2, 0.25) is 0 Å². The smallest absolute Gasteiger partial charge is 0.189 e. The molecule has 98 valence electrons. The van der Waals surface area contributed by atoms with Crippen LogP contribution in [0.5, 0.6) is 0 Å². The van der Waals surface area contributed by atoms with Crippen molar-refractivity contribution < 1.29 is 0 Å². The molecule has 0 aliphatic carbocycles. The third-order valence-electron chi connectivity index (χ3n) is 4.05. The molecule has 3 aromatic heterocycles. The van der Waals surface area contributed by atoms with Crippen LogP contribution >= 0.6 is 0 Å². The van der Waals surface area contributed by atoms with Crippen molar-refractivity contribution in [3.63, 3.8) is 0 Å². The van der Waals surface area contributed by atoms with Crippen LogP contribution in [0.4, 0.5) is 0 Å². The van der Waals surface area contributed by atoms with Gasteiger partial charge >= 0.3 is 0 Å². The molecule has 3 heterocycles. The summed E-state index contributed by atoms with van der Waals surface area (Å²) in [6.07, 6.45) is 3.43. The van der Waals surface area contributed by atoms with Crippen LogP contribution in [0.15, 0.2) is 53.6 Å². The number of aromatic nitrogens is 3. The highest BCUT2D eigenvalue weighted by Gasteiger charge is 2.14. The van der Waals surface area contributed by atoms with E-state index in [0.717, 1.165) is 32.7 Å². The number of nitrogens with one attached hydrogen (secondary N) is 1. The molecule has 4 nitrogen and oxygen atoms in total. The molecule has 0 amide bonds. The largest absolute Gasteiger partial charge is 0.353 e. The van der Waals surface area contributed by atoms with Crippen molar-refractivity contribution >= 4 is 43.6 Å². The number of hydrogen-bond acceptors (Lipinski definition) is 3. The molecule has 21 heavy (non-hydrogen) atoms. The van der Waals surface area contributed by atoms with Crippen molar-refractivity contribution in [2.75, 3.05) is 0 Å². The fourth-order valence-corrected chi connectivity index (χ4v) is 3.11. The predicted octanol–water partition coefficient (Wildman–Crippen LogP) is 3.22. The molecule has 5 aromatic rings. The van der Waals surface area contributed by atoms with Gasteiger partial charge in [-0.05, 0) is 12.1 Å². The van der Waals surface area contributed by atoms with E-state index in [9.17, 15) is 4.79 Å². The molecule has 0 unspecified atom stereocenters. The standard InChI is InChI=1S/C17H9N3O/c21-14-5-6-18-16-10(14)7-13-15-11(8-19-13)9-3-1-2-4-12(9)20-17(15)16/h1-8,20H. The van der Waals surface area contributed by atoms with Crippen molar-refractivity contribution in [3.05, 3.63) is 59.0 Å². The lowest BCUT2D eigenvalue weighted by Crippen LogP contribution is -2.01. The number of para-hydroxylation sites is 1. The molecule has 2 aromatic carbocycles. The SMILES string of the molecule is O=c1ccnc2c1cc1ncc3c4ccccc4[nH]c2c13. The maximum atomic E-state index is 12.1. The molecule has 0 atom stereocenters. The van der Waals surface area contributed by atoms with Crippen molar-refractivity contribution in [3.8, 4) is 0 Å².